The fraction of sp³-hybridized carbons (Fsp3) is 0.733. The molecule has 0 aromatic carbocycles. The van der Waals surface area contributed by atoms with E-state index in [-0.39, 0.29) is 5.60 Å². The van der Waals surface area contributed by atoms with Gasteiger partial charge in [0.25, 0.3) is 0 Å². The van der Waals surface area contributed by atoms with Crippen LogP contribution >= 0.6 is 0 Å². The molecular weight excluding hydrogens is 266 g/mol. The van der Waals surface area contributed by atoms with Crippen LogP contribution in [-0.4, -0.2) is 41.5 Å². The van der Waals surface area contributed by atoms with Crippen molar-refractivity contribution in [3.05, 3.63) is 17.0 Å². The first kappa shape index (κ1) is 17.5. The van der Waals surface area contributed by atoms with Gasteiger partial charge in [-0.3, -0.25) is 4.68 Å². The van der Waals surface area contributed by atoms with Crippen LogP contribution in [0.15, 0.2) is 4.99 Å². The molecule has 21 heavy (non-hydrogen) atoms. The van der Waals surface area contributed by atoms with Gasteiger partial charge in [-0.1, -0.05) is 0 Å². The van der Waals surface area contributed by atoms with Gasteiger partial charge >= 0.3 is 0 Å². The van der Waals surface area contributed by atoms with Crippen molar-refractivity contribution in [2.45, 2.75) is 46.8 Å². The molecule has 120 valence electrons. The van der Waals surface area contributed by atoms with Crippen molar-refractivity contribution in [1.29, 1.82) is 0 Å². The summed E-state index contributed by atoms with van der Waals surface area (Å²) in [4.78, 5) is 4.64. The molecule has 0 amide bonds. The van der Waals surface area contributed by atoms with Crippen LogP contribution in [0.25, 0.3) is 0 Å². The molecule has 0 spiro atoms. The van der Waals surface area contributed by atoms with Gasteiger partial charge in [0, 0.05) is 38.5 Å². The van der Waals surface area contributed by atoms with E-state index >= 15 is 0 Å². The van der Waals surface area contributed by atoms with Gasteiger partial charge in [-0.15, -0.1) is 0 Å². The third-order valence-electron chi connectivity index (χ3n) is 3.63. The molecule has 2 N–H and O–H groups in total. The molecule has 1 heterocycles. The summed E-state index contributed by atoms with van der Waals surface area (Å²) in [5.41, 5.74) is 3.15. The van der Waals surface area contributed by atoms with Crippen LogP contribution in [0.4, 0.5) is 0 Å². The van der Waals surface area contributed by atoms with Crippen molar-refractivity contribution in [2.24, 2.45) is 12.0 Å². The van der Waals surface area contributed by atoms with Crippen molar-refractivity contribution in [2.75, 3.05) is 20.2 Å². The number of guanidine groups is 1. The third-order valence-corrected chi connectivity index (χ3v) is 3.63. The average Bonchev–Trinajstić information content (AvgIpc) is 2.67. The summed E-state index contributed by atoms with van der Waals surface area (Å²) in [6.07, 6.45) is 0. The summed E-state index contributed by atoms with van der Waals surface area (Å²) in [6, 6.07) is 0. The number of aryl methyl sites for hydroxylation is 2. The predicted molar refractivity (Wildman–Crippen MR) is 86.6 cm³/mol. The zero-order chi connectivity index (χ0) is 16.0. The summed E-state index contributed by atoms with van der Waals surface area (Å²) in [7, 11) is 3.67. The molecule has 0 saturated carbocycles. The van der Waals surface area contributed by atoms with Gasteiger partial charge in [-0.2, -0.15) is 5.10 Å². The number of rotatable bonds is 6. The maximum atomic E-state index is 5.41. The van der Waals surface area contributed by atoms with E-state index in [0.717, 1.165) is 23.9 Å². The average molecular weight is 295 g/mol. The number of nitrogens with one attached hydrogen (secondary N) is 2. The lowest BCUT2D eigenvalue weighted by Gasteiger charge is -2.24. The number of nitrogens with zero attached hydrogens (tertiary/aromatic N) is 3. The van der Waals surface area contributed by atoms with Crippen LogP contribution in [0, 0.1) is 13.8 Å². The largest absolute Gasteiger partial charge is 0.377 e. The minimum Gasteiger partial charge on any atom is -0.377 e. The SMILES string of the molecule is CCNC(=NCc1c(C)nn(C)c1C)NCC(C)(C)OC. The lowest BCUT2D eigenvalue weighted by Crippen LogP contribution is -2.45. The summed E-state index contributed by atoms with van der Waals surface area (Å²) >= 11 is 0. The molecular formula is C15H29N5O. The zero-order valence-corrected chi connectivity index (χ0v) is 14.4. The summed E-state index contributed by atoms with van der Waals surface area (Å²) < 4.78 is 7.31. The monoisotopic (exact) mass is 295 g/mol. The Morgan fingerprint density at radius 3 is 2.48 bits per heavy atom. The van der Waals surface area contributed by atoms with E-state index in [2.05, 4.69) is 34.6 Å². The molecule has 0 aliphatic heterocycles. The molecule has 0 saturated heterocycles. The Morgan fingerprint density at radius 2 is 2.00 bits per heavy atom. The summed E-state index contributed by atoms with van der Waals surface area (Å²) in [5, 5.41) is 11.0. The van der Waals surface area contributed by atoms with Crippen LogP contribution in [0.5, 0.6) is 0 Å². The fourth-order valence-corrected chi connectivity index (χ4v) is 1.91. The highest BCUT2D eigenvalue weighted by Gasteiger charge is 2.16. The van der Waals surface area contributed by atoms with E-state index in [0.29, 0.717) is 13.1 Å². The van der Waals surface area contributed by atoms with Gasteiger partial charge in [0.05, 0.1) is 17.8 Å². The molecule has 1 rings (SSSR count). The Hall–Kier alpha value is -1.56. The Balaban J connectivity index is 2.76. The van der Waals surface area contributed by atoms with Crippen LogP contribution in [0.1, 0.15) is 37.7 Å². The lowest BCUT2D eigenvalue weighted by molar-refractivity contribution is 0.0268. The van der Waals surface area contributed by atoms with E-state index in [1.54, 1.807) is 7.11 Å². The van der Waals surface area contributed by atoms with E-state index in [1.807, 2.05) is 32.5 Å². The first-order chi connectivity index (χ1) is 9.80. The first-order valence-corrected chi connectivity index (χ1v) is 7.37. The zero-order valence-electron chi connectivity index (χ0n) is 14.4. The molecule has 0 atom stereocenters. The summed E-state index contributed by atoms with van der Waals surface area (Å²) in [5.74, 6) is 0.797. The minimum atomic E-state index is -0.226. The van der Waals surface area contributed by atoms with Crippen molar-refractivity contribution in [1.82, 2.24) is 20.4 Å². The second-order valence-corrected chi connectivity index (χ2v) is 5.79. The van der Waals surface area contributed by atoms with Gasteiger partial charge in [0.1, 0.15) is 0 Å². The normalized spacial score (nSPS) is 12.6. The Labute approximate surface area is 128 Å². The van der Waals surface area contributed by atoms with Crippen LogP contribution < -0.4 is 10.6 Å². The quantitative estimate of drug-likeness (QED) is 0.617. The second kappa shape index (κ2) is 7.45. The molecule has 1 aromatic heterocycles. The first-order valence-electron chi connectivity index (χ1n) is 7.37. The van der Waals surface area contributed by atoms with E-state index in [9.17, 15) is 0 Å². The second-order valence-electron chi connectivity index (χ2n) is 5.79. The highest BCUT2D eigenvalue weighted by atomic mass is 16.5. The van der Waals surface area contributed by atoms with E-state index in [1.165, 1.54) is 5.56 Å². The third kappa shape index (κ3) is 5.04. The van der Waals surface area contributed by atoms with Crippen molar-refractivity contribution < 1.29 is 4.74 Å². The maximum Gasteiger partial charge on any atom is 0.191 e. The molecule has 6 nitrogen and oxygen atoms in total. The van der Waals surface area contributed by atoms with Gasteiger partial charge in [0.2, 0.25) is 0 Å². The van der Waals surface area contributed by atoms with E-state index in [4.69, 9.17) is 4.74 Å². The van der Waals surface area contributed by atoms with Gasteiger partial charge in [0.15, 0.2) is 5.96 Å². The number of methoxy groups -OCH3 is 1. The molecule has 0 aliphatic carbocycles. The summed E-state index contributed by atoms with van der Waals surface area (Å²) in [6.45, 7) is 12.4. The maximum absolute atomic E-state index is 5.41. The smallest absolute Gasteiger partial charge is 0.191 e. The molecule has 1 aromatic rings. The number of aromatic nitrogens is 2. The van der Waals surface area contributed by atoms with E-state index < -0.39 is 0 Å². The molecule has 0 bridgehead atoms. The predicted octanol–water partition coefficient (Wildman–Crippen LogP) is 1.52. The fourth-order valence-electron chi connectivity index (χ4n) is 1.91. The minimum absolute atomic E-state index is 0.226. The molecule has 6 heteroatoms. The Kier molecular flexibility index (Phi) is 6.20. The van der Waals surface area contributed by atoms with Crippen LogP contribution in [-0.2, 0) is 18.3 Å². The van der Waals surface area contributed by atoms with Gasteiger partial charge < -0.3 is 15.4 Å². The standard InChI is InChI=1S/C15H29N5O/c1-8-16-14(18-10-15(4,5)21-7)17-9-13-11(2)19-20(6)12(13)3/h8-10H2,1-7H3,(H2,16,17,18). The highest BCUT2D eigenvalue weighted by Crippen LogP contribution is 2.12. The van der Waals surface area contributed by atoms with Crippen molar-refractivity contribution in [3.8, 4) is 0 Å². The number of ether oxygens (including phenoxy) is 1. The molecule has 0 unspecified atom stereocenters. The molecule has 0 radical (unpaired) electrons. The Morgan fingerprint density at radius 1 is 1.33 bits per heavy atom. The van der Waals surface area contributed by atoms with Gasteiger partial charge in [-0.25, -0.2) is 4.99 Å². The van der Waals surface area contributed by atoms with Crippen LogP contribution in [0.2, 0.25) is 0 Å². The molecule has 0 fully saturated rings. The van der Waals surface area contributed by atoms with Crippen molar-refractivity contribution in [3.63, 3.8) is 0 Å². The lowest BCUT2D eigenvalue weighted by atomic mass is 10.1. The Bertz CT molecular complexity index is 490. The number of hydrogen-bond donors (Lipinski definition) is 2. The molecule has 0 aliphatic rings. The highest BCUT2D eigenvalue weighted by molar-refractivity contribution is 5.79. The van der Waals surface area contributed by atoms with Crippen molar-refractivity contribution >= 4 is 5.96 Å². The number of hydrogen-bond acceptors (Lipinski definition) is 3. The topological polar surface area (TPSA) is 63.5 Å². The number of aliphatic imine (C=N–C) groups is 1. The van der Waals surface area contributed by atoms with Crippen LogP contribution in [0.3, 0.4) is 0 Å². The van der Waals surface area contributed by atoms with Gasteiger partial charge in [-0.05, 0) is 34.6 Å².